The first-order valence-corrected chi connectivity index (χ1v) is 7.51. The van der Waals surface area contributed by atoms with E-state index in [4.69, 9.17) is 11.6 Å². The van der Waals surface area contributed by atoms with Gasteiger partial charge in [0.15, 0.2) is 0 Å². The molecule has 1 aromatic carbocycles. The Morgan fingerprint density at radius 2 is 2.12 bits per heavy atom. The van der Waals surface area contributed by atoms with Crippen LogP contribution in [0.5, 0.6) is 0 Å². The lowest BCUT2D eigenvalue weighted by Gasteiger charge is -2.20. The molecule has 1 atom stereocenters. The number of nitrogens with one attached hydrogen (secondary N) is 1. The molecule has 17 heavy (non-hydrogen) atoms. The molecule has 0 saturated heterocycles. The average molecular weight is 317 g/mol. The molecule has 0 aromatic heterocycles. The molecule has 1 aliphatic rings. The minimum absolute atomic E-state index is 0.590. The first-order chi connectivity index (χ1) is 8.16. The lowest BCUT2D eigenvalue weighted by Crippen LogP contribution is -2.31. The van der Waals surface area contributed by atoms with E-state index in [9.17, 15) is 0 Å². The molecule has 0 heterocycles. The van der Waals surface area contributed by atoms with Gasteiger partial charge in [0, 0.05) is 22.1 Å². The van der Waals surface area contributed by atoms with Crippen LogP contribution in [0.2, 0.25) is 5.02 Å². The van der Waals surface area contributed by atoms with E-state index in [0.717, 1.165) is 22.0 Å². The molecular weight excluding hydrogens is 298 g/mol. The summed E-state index contributed by atoms with van der Waals surface area (Å²) in [5.41, 5.74) is 1.17. The van der Waals surface area contributed by atoms with E-state index in [1.54, 1.807) is 0 Å². The minimum atomic E-state index is 0.590. The fourth-order valence-corrected chi connectivity index (χ4v) is 3.17. The second-order valence-corrected chi connectivity index (χ2v) is 6.27. The summed E-state index contributed by atoms with van der Waals surface area (Å²) < 4.78 is 1.09. The molecule has 0 bridgehead atoms. The Hall–Kier alpha value is -0.0500. The molecule has 1 aromatic rings. The van der Waals surface area contributed by atoms with Crippen molar-refractivity contribution in [2.45, 2.75) is 45.2 Å². The van der Waals surface area contributed by atoms with Gasteiger partial charge in [-0.05, 0) is 49.4 Å². The number of hydrogen-bond donors (Lipinski definition) is 1. The number of hydrogen-bond acceptors (Lipinski definition) is 1. The Labute approximate surface area is 117 Å². The zero-order valence-electron chi connectivity index (χ0n) is 10.2. The molecule has 0 aliphatic heterocycles. The van der Waals surface area contributed by atoms with E-state index >= 15 is 0 Å². The van der Waals surface area contributed by atoms with Crippen LogP contribution in [0.15, 0.2) is 22.7 Å². The van der Waals surface area contributed by atoms with Gasteiger partial charge in [-0.3, -0.25) is 0 Å². The molecule has 2 rings (SSSR count). The molecule has 0 spiro atoms. The number of rotatable bonds is 4. The monoisotopic (exact) mass is 315 g/mol. The first-order valence-electron chi connectivity index (χ1n) is 6.34. The van der Waals surface area contributed by atoms with E-state index < -0.39 is 0 Å². The fourth-order valence-electron chi connectivity index (χ4n) is 2.57. The van der Waals surface area contributed by atoms with Crippen molar-refractivity contribution in [1.82, 2.24) is 5.32 Å². The molecule has 94 valence electrons. The van der Waals surface area contributed by atoms with Gasteiger partial charge in [-0.25, -0.2) is 0 Å². The smallest absolute Gasteiger partial charge is 0.0451 e. The summed E-state index contributed by atoms with van der Waals surface area (Å²) in [6.07, 6.45) is 5.55. The second-order valence-electron chi connectivity index (χ2n) is 4.95. The summed E-state index contributed by atoms with van der Waals surface area (Å²) in [4.78, 5) is 0. The third-order valence-electron chi connectivity index (χ3n) is 3.73. The summed E-state index contributed by atoms with van der Waals surface area (Å²) in [6.45, 7) is 3.15. The van der Waals surface area contributed by atoms with Gasteiger partial charge in [-0.1, -0.05) is 40.4 Å². The third-order valence-corrected chi connectivity index (χ3v) is 4.59. The normalized spacial score (nSPS) is 18.5. The summed E-state index contributed by atoms with van der Waals surface area (Å²) in [5, 5.41) is 4.45. The Morgan fingerprint density at radius 3 is 2.82 bits per heavy atom. The Balaban J connectivity index is 1.90. The number of halogens is 2. The maximum absolute atomic E-state index is 6.18. The average Bonchev–Trinajstić information content (AvgIpc) is 2.83. The van der Waals surface area contributed by atoms with Crippen LogP contribution in [0.4, 0.5) is 0 Å². The zero-order valence-corrected chi connectivity index (χ0v) is 12.5. The molecular formula is C14H19BrClN. The van der Waals surface area contributed by atoms with E-state index in [1.807, 2.05) is 12.1 Å². The van der Waals surface area contributed by atoms with Gasteiger partial charge in [-0.2, -0.15) is 0 Å². The van der Waals surface area contributed by atoms with Crippen molar-refractivity contribution in [3.8, 4) is 0 Å². The highest BCUT2D eigenvalue weighted by atomic mass is 79.9. The second kappa shape index (κ2) is 6.21. The number of benzene rings is 1. The SMILES string of the molecule is C[C@@H](NCc1cc(Br)ccc1Cl)C1CCCC1. The first kappa shape index (κ1) is 13.4. The van der Waals surface area contributed by atoms with E-state index in [0.29, 0.717) is 6.04 Å². The predicted molar refractivity (Wildman–Crippen MR) is 77.4 cm³/mol. The molecule has 0 amide bonds. The van der Waals surface area contributed by atoms with Crippen molar-refractivity contribution in [2.24, 2.45) is 5.92 Å². The summed E-state index contributed by atoms with van der Waals surface area (Å²) >= 11 is 9.66. The lowest BCUT2D eigenvalue weighted by molar-refractivity contribution is 0.380. The van der Waals surface area contributed by atoms with Gasteiger partial charge < -0.3 is 5.32 Å². The zero-order chi connectivity index (χ0) is 12.3. The molecule has 1 nitrogen and oxygen atoms in total. The molecule has 1 saturated carbocycles. The summed E-state index contributed by atoms with van der Waals surface area (Å²) in [5.74, 6) is 0.848. The van der Waals surface area contributed by atoms with Crippen molar-refractivity contribution >= 4 is 27.5 Å². The molecule has 1 fully saturated rings. The van der Waals surface area contributed by atoms with E-state index in [1.165, 1.54) is 31.2 Å². The highest BCUT2D eigenvalue weighted by Gasteiger charge is 2.20. The third kappa shape index (κ3) is 3.70. The largest absolute Gasteiger partial charge is 0.310 e. The van der Waals surface area contributed by atoms with Crippen molar-refractivity contribution < 1.29 is 0 Å². The van der Waals surface area contributed by atoms with Crippen LogP contribution < -0.4 is 5.32 Å². The Bertz CT molecular complexity index is 374. The van der Waals surface area contributed by atoms with Gasteiger partial charge in [0.05, 0.1) is 0 Å². The standard InChI is InChI=1S/C14H19BrClN/c1-10(11-4-2-3-5-11)17-9-12-8-13(15)6-7-14(12)16/h6-8,10-11,17H,2-5,9H2,1H3/t10-/m1/s1. The maximum atomic E-state index is 6.18. The van der Waals surface area contributed by atoms with Gasteiger partial charge in [0.2, 0.25) is 0 Å². The Morgan fingerprint density at radius 1 is 1.41 bits per heavy atom. The van der Waals surface area contributed by atoms with Crippen molar-refractivity contribution in [1.29, 1.82) is 0 Å². The van der Waals surface area contributed by atoms with E-state index in [2.05, 4.69) is 34.2 Å². The topological polar surface area (TPSA) is 12.0 Å². The van der Waals surface area contributed by atoms with Crippen LogP contribution in [-0.4, -0.2) is 6.04 Å². The highest BCUT2D eigenvalue weighted by Crippen LogP contribution is 2.28. The van der Waals surface area contributed by atoms with Gasteiger partial charge in [-0.15, -0.1) is 0 Å². The Kier molecular flexibility index (Phi) is 4.89. The lowest BCUT2D eigenvalue weighted by atomic mass is 9.99. The van der Waals surface area contributed by atoms with Crippen LogP contribution in [0, 0.1) is 5.92 Å². The maximum Gasteiger partial charge on any atom is 0.0451 e. The van der Waals surface area contributed by atoms with Crippen molar-refractivity contribution in [3.63, 3.8) is 0 Å². The van der Waals surface area contributed by atoms with Crippen LogP contribution in [-0.2, 0) is 6.54 Å². The molecule has 1 aliphatic carbocycles. The summed E-state index contributed by atoms with van der Waals surface area (Å²) in [7, 11) is 0. The van der Waals surface area contributed by atoms with Crippen LogP contribution in [0.1, 0.15) is 38.2 Å². The molecule has 0 unspecified atom stereocenters. The molecule has 1 N–H and O–H groups in total. The van der Waals surface area contributed by atoms with Gasteiger partial charge in [0.25, 0.3) is 0 Å². The van der Waals surface area contributed by atoms with Gasteiger partial charge >= 0.3 is 0 Å². The quantitative estimate of drug-likeness (QED) is 0.843. The van der Waals surface area contributed by atoms with Crippen molar-refractivity contribution in [2.75, 3.05) is 0 Å². The van der Waals surface area contributed by atoms with Crippen LogP contribution >= 0.6 is 27.5 Å². The molecule has 3 heteroatoms. The van der Waals surface area contributed by atoms with Crippen molar-refractivity contribution in [3.05, 3.63) is 33.3 Å². The molecule has 0 radical (unpaired) electrons. The fraction of sp³-hybridized carbons (Fsp3) is 0.571. The van der Waals surface area contributed by atoms with E-state index in [-0.39, 0.29) is 0 Å². The van der Waals surface area contributed by atoms with Crippen LogP contribution in [0.3, 0.4) is 0 Å². The van der Waals surface area contributed by atoms with Gasteiger partial charge in [0.1, 0.15) is 0 Å². The minimum Gasteiger partial charge on any atom is -0.310 e. The predicted octanol–water partition coefficient (Wildman–Crippen LogP) is 4.77. The summed E-state index contributed by atoms with van der Waals surface area (Å²) in [6, 6.07) is 6.61. The van der Waals surface area contributed by atoms with Crippen LogP contribution in [0.25, 0.3) is 0 Å². The highest BCUT2D eigenvalue weighted by molar-refractivity contribution is 9.10.